The Bertz CT molecular complexity index is 438. The largest absolute Gasteiger partial charge is 0.396 e. The predicted molar refractivity (Wildman–Crippen MR) is 65.9 cm³/mol. The molecule has 0 aromatic heterocycles. The molecule has 92 valence electrons. The Morgan fingerprint density at radius 1 is 1.41 bits per heavy atom. The second-order valence-electron chi connectivity index (χ2n) is 3.97. The average Bonchev–Trinajstić information content (AvgIpc) is 2.19. The topological polar surface area (TPSA) is 66.6 Å². The van der Waals surface area contributed by atoms with Crippen LogP contribution in [0, 0.1) is 16.0 Å². The molecule has 0 atom stereocenters. The van der Waals surface area contributed by atoms with Crippen LogP contribution in [-0.4, -0.2) is 29.7 Å². The van der Waals surface area contributed by atoms with E-state index in [9.17, 15) is 10.1 Å². The summed E-state index contributed by atoms with van der Waals surface area (Å²) >= 11 is 12.0. The lowest BCUT2D eigenvalue weighted by Gasteiger charge is -2.40. The Hall–Kier alpha value is -1.04. The fraction of sp³-hybridized carbons (Fsp3) is 0.400. The van der Waals surface area contributed by atoms with Crippen molar-refractivity contribution in [2.75, 3.05) is 24.6 Å². The molecule has 0 bridgehead atoms. The van der Waals surface area contributed by atoms with Gasteiger partial charge in [0.25, 0.3) is 5.69 Å². The smallest absolute Gasteiger partial charge is 0.272 e. The summed E-state index contributed by atoms with van der Waals surface area (Å²) in [5.74, 6) is 0.220. The molecule has 1 aliphatic rings. The fourth-order valence-electron chi connectivity index (χ4n) is 1.83. The van der Waals surface area contributed by atoms with Gasteiger partial charge in [0.15, 0.2) is 0 Å². The van der Waals surface area contributed by atoms with Crippen LogP contribution >= 0.6 is 23.2 Å². The number of non-ortho nitro benzene ring substituents is 1. The summed E-state index contributed by atoms with van der Waals surface area (Å²) in [7, 11) is 0. The van der Waals surface area contributed by atoms with Crippen molar-refractivity contribution >= 4 is 34.6 Å². The highest BCUT2D eigenvalue weighted by Crippen LogP contribution is 2.40. The van der Waals surface area contributed by atoms with Crippen LogP contribution in [0.1, 0.15) is 0 Å². The van der Waals surface area contributed by atoms with Gasteiger partial charge < -0.3 is 10.0 Å². The van der Waals surface area contributed by atoms with Crippen molar-refractivity contribution in [2.24, 2.45) is 5.92 Å². The molecule has 0 unspecified atom stereocenters. The van der Waals surface area contributed by atoms with E-state index in [0.717, 1.165) is 0 Å². The van der Waals surface area contributed by atoms with E-state index in [0.29, 0.717) is 18.8 Å². The zero-order chi connectivity index (χ0) is 12.6. The number of rotatable bonds is 3. The summed E-state index contributed by atoms with van der Waals surface area (Å²) < 4.78 is 0. The first-order valence-electron chi connectivity index (χ1n) is 5.02. The van der Waals surface area contributed by atoms with Crippen LogP contribution in [0.4, 0.5) is 11.4 Å². The van der Waals surface area contributed by atoms with Crippen molar-refractivity contribution in [1.82, 2.24) is 0 Å². The van der Waals surface area contributed by atoms with Gasteiger partial charge in [-0.05, 0) is 0 Å². The summed E-state index contributed by atoms with van der Waals surface area (Å²) in [6.45, 7) is 1.44. The minimum absolute atomic E-state index is 0.122. The lowest BCUT2D eigenvalue weighted by atomic mass is 10.0. The van der Waals surface area contributed by atoms with Gasteiger partial charge in [-0.3, -0.25) is 10.1 Å². The van der Waals surface area contributed by atoms with E-state index in [1.807, 2.05) is 4.90 Å². The quantitative estimate of drug-likeness (QED) is 0.680. The summed E-state index contributed by atoms with van der Waals surface area (Å²) in [6.07, 6.45) is 0. The molecule has 0 spiro atoms. The molecular formula is C10H10Cl2N2O3. The van der Waals surface area contributed by atoms with Gasteiger partial charge in [0, 0.05) is 37.7 Å². The van der Waals surface area contributed by atoms with Crippen molar-refractivity contribution in [2.45, 2.75) is 0 Å². The van der Waals surface area contributed by atoms with Crippen LogP contribution in [0.5, 0.6) is 0 Å². The second-order valence-corrected chi connectivity index (χ2v) is 4.78. The predicted octanol–water partition coefficient (Wildman–Crippen LogP) is 2.33. The third-order valence-corrected chi connectivity index (χ3v) is 3.32. The van der Waals surface area contributed by atoms with Gasteiger partial charge in [-0.2, -0.15) is 0 Å². The zero-order valence-electron chi connectivity index (χ0n) is 8.77. The number of nitro benzene ring substituents is 1. The number of halogens is 2. The van der Waals surface area contributed by atoms with E-state index < -0.39 is 4.92 Å². The number of aliphatic hydroxyl groups is 1. The molecule has 1 saturated heterocycles. The average molecular weight is 277 g/mol. The van der Waals surface area contributed by atoms with E-state index in [-0.39, 0.29) is 28.3 Å². The van der Waals surface area contributed by atoms with Gasteiger partial charge >= 0.3 is 0 Å². The molecular weight excluding hydrogens is 267 g/mol. The molecule has 7 heteroatoms. The van der Waals surface area contributed by atoms with E-state index in [1.165, 1.54) is 12.1 Å². The number of aliphatic hydroxyl groups excluding tert-OH is 1. The zero-order valence-corrected chi connectivity index (χ0v) is 10.3. The second kappa shape index (κ2) is 4.68. The standard InChI is InChI=1S/C10H10Cl2N2O3/c11-8-1-7(14(16)17)2-9(12)10(8)13-3-6(4-13)5-15/h1-2,6,15H,3-5H2. The van der Waals surface area contributed by atoms with Crippen molar-refractivity contribution in [3.63, 3.8) is 0 Å². The molecule has 1 fully saturated rings. The molecule has 2 rings (SSSR count). The molecule has 1 aromatic rings. The van der Waals surface area contributed by atoms with Crippen LogP contribution in [0.3, 0.4) is 0 Å². The van der Waals surface area contributed by atoms with Gasteiger partial charge in [0.2, 0.25) is 0 Å². The number of nitro groups is 1. The Morgan fingerprint density at radius 2 is 1.94 bits per heavy atom. The molecule has 0 aliphatic carbocycles. The third kappa shape index (κ3) is 2.31. The van der Waals surface area contributed by atoms with Crippen molar-refractivity contribution in [1.29, 1.82) is 0 Å². The SMILES string of the molecule is O=[N+]([O-])c1cc(Cl)c(N2CC(CO)C2)c(Cl)c1. The summed E-state index contributed by atoms with van der Waals surface area (Å²) in [5, 5.41) is 20.1. The number of nitrogens with zero attached hydrogens (tertiary/aromatic N) is 2. The summed E-state index contributed by atoms with van der Waals surface area (Å²) in [4.78, 5) is 12.0. The Kier molecular flexibility index (Phi) is 3.42. The molecule has 1 heterocycles. The van der Waals surface area contributed by atoms with Crippen LogP contribution in [-0.2, 0) is 0 Å². The van der Waals surface area contributed by atoms with Gasteiger partial charge in [0.05, 0.1) is 20.7 Å². The monoisotopic (exact) mass is 276 g/mol. The third-order valence-electron chi connectivity index (χ3n) is 2.74. The highest BCUT2D eigenvalue weighted by molar-refractivity contribution is 6.39. The number of hydrogen-bond acceptors (Lipinski definition) is 4. The molecule has 5 nitrogen and oxygen atoms in total. The molecule has 0 radical (unpaired) electrons. The first-order chi connectivity index (χ1) is 8.02. The molecule has 0 amide bonds. The van der Waals surface area contributed by atoms with Crippen molar-refractivity contribution in [3.8, 4) is 0 Å². The highest BCUT2D eigenvalue weighted by atomic mass is 35.5. The van der Waals surface area contributed by atoms with E-state index >= 15 is 0 Å². The first kappa shape index (κ1) is 12.4. The van der Waals surface area contributed by atoms with Gasteiger partial charge in [-0.1, -0.05) is 23.2 Å². The van der Waals surface area contributed by atoms with Crippen molar-refractivity contribution in [3.05, 3.63) is 32.3 Å². The van der Waals surface area contributed by atoms with Gasteiger partial charge in [-0.25, -0.2) is 0 Å². The summed E-state index contributed by atoms with van der Waals surface area (Å²) in [5.41, 5.74) is 0.478. The normalized spacial score (nSPS) is 15.8. The molecule has 0 saturated carbocycles. The Labute approximate surface area is 108 Å². The van der Waals surface area contributed by atoms with Gasteiger partial charge in [-0.15, -0.1) is 0 Å². The molecule has 1 aromatic carbocycles. The maximum atomic E-state index is 10.6. The lowest BCUT2D eigenvalue weighted by Crippen LogP contribution is -2.48. The highest BCUT2D eigenvalue weighted by Gasteiger charge is 2.30. The Morgan fingerprint density at radius 3 is 2.35 bits per heavy atom. The van der Waals surface area contributed by atoms with E-state index in [1.54, 1.807) is 0 Å². The van der Waals surface area contributed by atoms with Crippen LogP contribution in [0.2, 0.25) is 10.0 Å². The number of hydrogen-bond donors (Lipinski definition) is 1. The minimum Gasteiger partial charge on any atom is -0.396 e. The van der Waals surface area contributed by atoms with Crippen LogP contribution in [0.15, 0.2) is 12.1 Å². The van der Waals surface area contributed by atoms with Crippen molar-refractivity contribution < 1.29 is 10.0 Å². The number of benzene rings is 1. The maximum absolute atomic E-state index is 10.6. The van der Waals surface area contributed by atoms with E-state index in [4.69, 9.17) is 28.3 Å². The van der Waals surface area contributed by atoms with Crippen LogP contribution < -0.4 is 4.90 Å². The first-order valence-corrected chi connectivity index (χ1v) is 5.77. The van der Waals surface area contributed by atoms with Gasteiger partial charge in [0.1, 0.15) is 0 Å². The van der Waals surface area contributed by atoms with E-state index in [2.05, 4.69) is 0 Å². The lowest BCUT2D eigenvalue weighted by molar-refractivity contribution is -0.384. The molecule has 1 aliphatic heterocycles. The molecule has 1 N–H and O–H groups in total. The maximum Gasteiger partial charge on any atom is 0.272 e. The fourth-order valence-corrected chi connectivity index (χ4v) is 2.54. The van der Waals surface area contributed by atoms with Crippen LogP contribution in [0.25, 0.3) is 0 Å². The minimum atomic E-state index is -0.534. The molecule has 17 heavy (non-hydrogen) atoms. The Balaban J connectivity index is 2.27. The number of anilines is 1. The summed E-state index contributed by atoms with van der Waals surface area (Å²) in [6, 6.07) is 2.57.